The van der Waals surface area contributed by atoms with Gasteiger partial charge in [0, 0.05) is 18.1 Å². The van der Waals surface area contributed by atoms with E-state index < -0.39 is 5.97 Å². The van der Waals surface area contributed by atoms with Gasteiger partial charge in [0.05, 0.1) is 18.0 Å². The van der Waals surface area contributed by atoms with Crippen LogP contribution in [0.1, 0.15) is 17.0 Å². The first-order chi connectivity index (χ1) is 9.08. The molecule has 0 fully saturated rings. The Bertz CT molecular complexity index is 595. The highest BCUT2D eigenvalue weighted by Gasteiger charge is 2.11. The molecule has 100 valence electrons. The van der Waals surface area contributed by atoms with Crippen LogP contribution in [0.25, 0.3) is 0 Å². The van der Waals surface area contributed by atoms with E-state index in [-0.39, 0.29) is 5.75 Å². The number of carbonyl (C=O) groups is 1. The monoisotopic (exact) mass is 277 g/mol. The van der Waals surface area contributed by atoms with E-state index in [0.717, 1.165) is 17.0 Å². The Hall–Kier alpha value is -1.82. The first-order valence-corrected chi connectivity index (χ1v) is 6.83. The molecule has 6 heteroatoms. The number of hydrogen-bond acceptors (Lipinski definition) is 4. The first-order valence-electron chi connectivity index (χ1n) is 5.85. The summed E-state index contributed by atoms with van der Waals surface area (Å²) in [5.74, 6) is -0.830. The van der Waals surface area contributed by atoms with Crippen molar-refractivity contribution in [2.75, 3.05) is 5.75 Å². The zero-order valence-electron chi connectivity index (χ0n) is 10.8. The molecule has 0 saturated heterocycles. The molecular formula is C13H15N3O2S. The van der Waals surface area contributed by atoms with Crippen LogP contribution in [0.4, 0.5) is 0 Å². The van der Waals surface area contributed by atoms with Crippen LogP contribution in [0.5, 0.6) is 0 Å². The molecule has 2 heterocycles. The molecule has 0 atom stereocenters. The van der Waals surface area contributed by atoms with E-state index >= 15 is 0 Å². The van der Waals surface area contributed by atoms with Crippen molar-refractivity contribution in [3.05, 3.63) is 41.5 Å². The van der Waals surface area contributed by atoms with Crippen molar-refractivity contribution in [3.63, 3.8) is 0 Å². The lowest BCUT2D eigenvalue weighted by atomic mass is 10.2. The molecule has 0 saturated carbocycles. The molecule has 0 unspecified atom stereocenters. The second-order valence-corrected chi connectivity index (χ2v) is 5.16. The molecule has 0 aliphatic rings. The number of nitrogens with zero attached hydrogens (tertiary/aromatic N) is 3. The molecule has 0 aliphatic heterocycles. The van der Waals surface area contributed by atoms with Crippen LogP contribution in [0, 0.1) is 13.8 Å². The van der Waals surface area contributed by atoms with E-state index in [1.165, 1.54) is 11.8 Å². The van der Waals surface area contributed by atoms with E-state index in [2.05, 4.69) is 9.97 Å². The molecule has 2 rings (SSSR count). The molecule has 2 aromatic heterocycles. The molecule has 0 radical (unpaired) electrons. The van der Waals surface area contributed by atoms with Crippen molar-refractivity contribution in [1.82, 2.24) is 14.5 Å². The summed E-state index contributed by atoms with van der Waals surface area (Å²) in [6, 6.07) is 3.92. The third kappa shape index (κ3) is 3.35. The Kier molecular flexibility index (Phi) is 4.21. The van der Waals surface area contributed by atoms with Crippen molar-refractivity contribution < 1.29 is 9.90 Å². The Balaban J connectivity index is 2.22. The minimum absolute atomic E-state index is 0.0116. The van der Waals surface area contributed by atoms with Gasteiger partial charge in [0.1, 0.15) is 0 Å². The smallest absolute Gasteiger partial charge is 0.313 e. The van der Waals surface area contributed by atoms with Crippen molar-refractivity contribution >= 4 is 17.7 Å². The standard InChI is InChI=1S/C13H15N3O2S/c1-9-4-3-5-14-11(9)7-16-10(2)6-15-13(16)19-8-12(17)18/h3-6H,7-8H2,1-2H3,(H,17,18). The average molecular weight is 277 g/mol. The molecule has 0 spiro atoms. The maximum Gasteiger partial charge on any atom is 0.313 e. The number of aromatic nitrogens is 3. The highest BCUT2D eigenvalue weighted by Crippen LogP contribution is 2.20. The SMILES string of the molecule is Cc1cccnc1Cn1c(C)cnc1SCC(=O)O. The highest BCUT2D eigenvalue weighted by atomic mass is 32.2. The van der Waals surface area contributed by atoms with E-state index in [9.17, 15) is 4.79 Å². The summed E-state index contributed by atoms with van der Waals surface area (Å²) in [4.78, 5) is 19.2. The lowest BCUT2D eigenvalue weighted by Crippen LogP contribution is -2.08. The Labute approximate surface area is 115 Å². The van der Waals surface area contributed by atoms with E-state index in [1.807, 2.05) is 30.5 Å². The predicted octanol–water partition coefficient (Wildman–Crippen LogP) is 2.12. The molecule has 0 bridgehead atoms. The largest absolute Gasteiger partial charge is 0.481 e. The van der Waals surface area contributed by atoms with Crippen LogP contribution in [0.15, 0.2) is 29.7 Å². The van der Waals surface area contributed by atoms with Crippen LogP contribution < -0.4 is 0 Å². The molecule has 19 heavy (non-hydrogen) atoms. The number of aryl methyl sites for hydroxylation is 2. The van der Waals surface area contributed by atoms with Crippen molar-refractivity contribution in [2.45, 2.75) is 25.5 Å². The number of pyridine rings is 1. The lowest BCUT2D eigenvalue weighted by Gasteiger charge is -2.10. The van der Waals surface area contributed by atoms with Crippen LogP contribution in [-0.2, 0) is 11.3 Å². The fraction of sp³-hybridized carbons (Fsp3) is 0.308. The van der Waals surface area contributed by atoms with Gasteiger partial charge in [-0.3, -0.25) is 9.78 Å². The van der Waals surface area contributed by atoms with E-state index in [0.29, 0.717) is 11.7 Å². The average Bonchev–Trinajstić information content (AvgIpc) is 2.71. The second-order valence-electron chi connectivity index (χ2n) is 4.22. The third-order valence-electron chi connectivity index (χ3n) is 2.77. The summed E-state index contributed by atoms with van der Waals surface area (Å²) < 4.78 is 1.99. The fourth-order valence-corrected chi connectivity index (χ4v) is 2.45. The summed E-state index contributed by atoms with van der Waals surface area (Å²) >= 11 is 1.23. The van der Waals surface area contributed by atoms with E-state index in [4.69, 9.17) is 5.11 Å². The molecule has 0 aliphatic carbocycles. The normalized spacial score (nSPS) is 10.6. The maximum absolute atomic E-state index is 10.6. The van der Waals surface area contributed by atoms with Gasteiger partial charge < -0.3 is 9.67 Å². The quantitative estimate of drug-likeness (QED) is 0.848. The van der Waals surface area contributed by atoms with Crippen LogP contribution in [-0.4, -0.2) is 31.4 Å². The van der Waals surface area contributed by atoms with E-state index in [1.54, 1.807) is 12.4 Å². The minimum atomic E-state index is -0.841. The van der Waals surface area contributed by atoms with Gasteiger partial charge in [-0.2, -0.15) is 0 Å². The second kappa shape index (κ2) is 5.88. The molecule has 0 aromatic carbocycles. The zero-order chi connectivity index (χ0) is 13.8. The predicted molar refractivity (Wildman–Crippen MR) is 73.4 cm³/mol. The van der Waals surface area contributed by atoms with Gasteiger partial charge in [0.15, 0.2) is 5.16 Å². The molecule has 5 nitrogen and oxygen atoms in total. The van der Waals surface area contributed by atoms with Gasteiger partial charge in [0.25, 0.3) is 0 Å². The Morgan fingerprint density at radius 1 is 1.42 bits per heavy atom. The number of aliphatic carboxylic acids is 1. The summed E-state index contributed by atoms with van der Waals surface area (Å²) in [6.45, 7) is 4.58. The van der Waals surface area contributed by atoms with Crippen molar-refractivity contribution in [3.8, 4) is 0 Å². The number of carboxylic acids is 1. The van der Waals surface area contributed by atoms with Gasteiger partial charge in [0.2, 0.25) is 0 Å². The van der Waals surface area contributed by atoms with Gasteiger partial charge >= 0.3 is 5.97 Å². The number of rotatable bonds is 5. The maximum atomic E-state index is 10.6. The number of imidazole rings is 1. The van der Waals surface area contributed by atoms with Gasteiger partial charge in [-0.15, -0.1) is 0 Å². The van der Waals surface area contributed by atoms with Crippen LogP contribution in [0.2, 0.25) is 0 Å². The zero-order valence-corrected chi connectivity index (χ0v) is 11.6. The topological polar surface area (TPSA) is 68.0 Å². The number of thioether (sulfide) groups is 1. The van der Waals surface area contributed by atoms with Crippen molar-refractivity contribution in [1.29, 1.82) is 0 Å². The van der Waals surface area contributed by atoms with Gasteiger partial charge in [-0.25, -0.2) is 4.98 Å². The Morgan fingerprint density at radius 2 is 2.21 bits per heavy atom. The summed E-state index contributed by atoms with van der Waals surface area (Å²) in [6.07, 6.45) is 3.51. The highest BCUT2D eigenvalue weighted by molar-refractivity contribution is 7.99. The fourth-order valence-electron chi connectivity index (χ4n) is 1.71. The third-order valence-corrected chi connectivity index (χ3v) is 3.74. The summed E-state index contributed by atoms with van der Waals surface area (Å²) in [7, 11) is 0. The lowest BCUT2D eigenvalue weighted by molar-refractivity contribution is -0.133. The van der Waals surface area contributed by atoms with Crippen molar-refractivity contribution in [2.24, 2.45) is 0 Å². The van der Waals surface area contributed by atoms with Gasteiger partial charge in [-0.05, 0) is 25.5 Å². The summed E-state index contributed by atoms with van der Waals surface area (Å²) in [5.41, 5.74) is 3.09. The molecule has 0 amide bonds. The minimum Gasteiger partial charge on any atom is -0.481 e. The van der Waals surface area contributed by atoms with Crippen LogP contribution in [0.3, 0.4) is 0 Å². The molecular weight excluding hydrogens is 262 g/mol. The molecule has 1 N–H and O–H groups in total. The molecule has 2 aromatic rings. The number of carboxylic acid groups (broad SMARTS) is 1. The van der Waals surface area contributed by atoms with Gasteiger partial charge in [-0.1, -0.05) is 17.8 Å². The van der Waals surface area contributed by atoms with Crippen LogP contribution >= 0.6 is 11.8 Å². The first kappa shape index (κ1) is 13.6. The summed E-state index contributed by atoms with van der Waals surface area (Å²) in [5, 5.41) is 9.45. The Morgan fingerprint density at radius 3 is 2.89 bits per heavy atom. The number of hydrogen-bond donors (Lipinski definition) is 1.